The summed E-state index contributed by atoms with van der Waals surface area (Å²) in [6, 6.07) is 0. The van der Waals surface area contributed by atoms with Gasteiger partial charge in [-0.3, -0.25) is 9.00 Å². The molecule has 0 bridgehead atoms. The Bertz CT molecular complexity index is 343. The molecule has 1 aliphatic heterocycles. The number of carbonyl (C=O) groups excluding carboxylic acids is 1. The summed E-state index contributed by atoms with van der Waals surface area (Å²) >= 11 is 5.02. The highest BCUT2D eigenvalue weighted by Crippen LogP contribution is 2.43. The first-order valence-electron chi connectivity index (χ1n) is 5.50. The van der Waals surface area contributed by atoms with Crippen molar-refractivity contribution in [3.05, 3.63) is 0 Å². The summed E-state index contributed by atoms with van der Waals surface area (Å²) in [5.74, 6) is 1.22. The van der Waals surface area contributed by atoms with Crippen molar-refractivity contribution in [3.8, 4) is 0 Å². The van der Waals surface area contributed by atoms with Gasteiger partial charge in [0.1, 0.15) is 0 Å². The van der Waals surface area contributed by atoms with Gasteiger partial charge in [0.15, 0.2) is 0 Å². The fraction of sp³-hybridized carbons (Fsp3) is 0.800. The Balaban J connectivity index is 2.06. The Morgan fingerprint density at radius 2 is 1.88 bits per heavy atom. The third-order valence-electron chi connectivity index (χ3n) is 3.55. The molecule has 0 radical (unpaired) electrons. The molecular formula is C10H16N2O2S2. The van der Waals surface area contributed by atoms with Gasteiger partial charge in [-0.25, -0.2) is 0 Å². The molecule has 6 heteroatoms. The summed E-state index contributed by atoms with van der Waals surface area (Å²) in [4.78, 5) is 14.4. The number of rotatable bonds is 2. The van der Waals surface area contributed by atoms with E-state index in [9.17, 15) is 9.00 Å². The molecule has 0 spiro atoms. The van der Waals surface area contributed by atoms with Crippen LogP contribution in [0, 0.1) is 5.41 Å². The van der Waals surface area contributed by atoms with E-state index in [0.29, 0.717) is 29.6 Å². The number of nitrogens with two attached hydrogens (primary N) is 1. The lowest BCUT2D eigenvalue weighted by Gasteiger charge is -2.43. The van der Waals surface area contributed by atoms with Gasteiger partial charge in [0.05, 0.1) is 10.4 Å². The lowest BCUT2D eigenvalue weighted by atomic mass is 9.67. The lowest BCUT2D eigenvalue weighted by Crippen LogP contribution is -2.56. The minimum atomic E-state index is -0.757. The molecule has 2 fully saturated rings. The van der Waals surface area contributed by atoms with E-state index in [1.165, 1.54) is 0 Å². The van der Waals surface area contributed by atoms with Gasteiger partial charge >= 0.3 is 0 Å². The monoisotopic (exact) mass is 260 g/mol. The Morgan fingerprint density at radius 3 is 2.25 bits per heavy atom. The highest BCUT2D eigenvalue weighted by molar-refractivity contribution is 7.85. The summed E-state index contributed by atoms with van der Waals surface area (Å²) in [6.07, 6.45) is 2.57. The van der Waals surface area contributed by atoms with E-state index < -0.39 is 16.2 Å². The number of thiocarbonyl (C=S) groups is 1. The Hall–Kier alpha value is -0.490. The van der Waals surface area contributed by atoms with Gasteiger partial charge < -0.3 is 10.6 Å². The summed E-state index contributed by atoms with van der Waals surface area (Å²) in [7, 11) is -0.757. The predicted octanol–water partition coefficient (Wildman–Crippen LogP) is 0.0337. The van der Waals surface area contributed by atoms with Crippen molar-refractivity contribution in [2.75, 3.05) is 24.6 Å². The Labute approximate surface area is 103 Å². The van der Waals surface area contributed by atoms with E-state index in [4.69, 9.17) is 18.0 Å². The molecule has 16 heavy (non-hydrogen) atoms. The highest BCUT2D eigenvalue weighted by atomic mass is 32.2. The summed E-state index contributed by atoms with van der Waals surface area (Å²) in [6.45, 7) is 1.16. The second kappa shape index (κ2) is 4.41. The zero-order chi connectivity index (χ0) is 11.8. The third kappa shape index (κ3) is 1.88. The molecule has 1 saturated carbocycles. The van der Waals surface area contributed by atoms with E-state index in [1.807, 2.05) is 0 Å². The van der Waals surface area contributed by atoms with Crippen molar-refractivity contribution in [1.29, 1.82) is 0 Å². The Kier molecular flexibility index (Phi) is 3.30. The summed E-state index contributed by atoms with van der Waals surface area (Å²) in [5, 5.41) is 0. The van der Waals surface area contributed by atoms with Crippen LogP contribution in [0.25, 0.3) is 0 Å². The molecule has 4 nitrogen and oxygen atoms in total. The van der Waals surface area contributed by atoms with Gasteiger partial charge in [-0.15, -0.1) is 0 Å². The molecule has 1 saturated heterocycles. The van der Waals surface area contributed by atoms with E-state index in [2.05, 4.69) is 0 Å². The van der Waals surface area contributed by atoms with Crippen molar-refractivity contribution in [2.45, 2.75) is 19.3 Å². The van der Waals surface area contributed by atoms with Crippen molar-refractivity contribution in [2.24, 2.45) is 11.1 Å². The predicted molar refractivity (Wildman–Crippen MR) is 67.5 cm³/mol. The number of carbonyl (C=O) groups is 1. The van der Waals surface area contributed by atoms with E-state index in [-0.39, 0.29) is 5.91 Å². The fourth-order valence-electron chi connectivity index (χ4n) is 2.24. The van der Waals surface area contributed by atoms with Crippen molar-refractivity contribution < 1.29 is 9.00 Å². The van der Waals surface area contributed by atoms with Crippen LogP contribution in [0.2, 0.25) is 0 Å². The third-order valence-corrected chi connectivity index (χ3v) is 5.22. The van der Waals surface area contributed by atoms with Crippen molar-refractivity contribution in [3.63, 3.8) is 0 Å². The molecule has 0 aromatic rings. The molecule has 0 atom stereocenters. The summed E-state index contributed by atoms with van der Waals surface area (Å²) < 4.78 is 11.2. The first-order chi connectivity index (χ1) is 7.56. The maximum atomic E-state index is 12.3. The van der Waals surface area contributed by atoms with Crippen LogP contribution in [0.15, 0.2) is 0 Å². The molecule has 1 amide bonds. The van der Waals surface area contributed by atoms with Gasteiger partial charge in [-0.2, -0.15) is 0 Å². The van der Waals surface area contributed by atoms with Crippen LogP contribution in [-0.4, -0.2) is 44.6 Å². The number of nitrogens with zero attached hydrogens (tertiary/aromatic N) is 1. The second-order valence-electron chi connectivity index (χ2n) is 4.44. The maximum absolute atomic E-state index is 12.3. The minimum absolute atomic E-state index is 0.0583. The van der Waals surface area contributed by atoms with Gasteiger partial charge in [0.25, 0.3) is 0 Å². The van der Waals surface area contributed by atoms with E-state index >= 15 is 0 Å². The largest absolute Gasteiger partial charge is 0.392 e. The van der Waals surface area contributed by atoms with E-state index in [1.54, 1.807) is 4.90 Å². The van der Waals surface area contributed by atoms with Gasteiger partial charge in [0, 0.05) is 35.4 Å². The average Bonchev–Trinajstić information content (AvgIpc) is 2.16. The van der Waals surface area contributed by atoms with Crippen LogP contribution >= 0.6 is 12.2 Å². The number of amides is 1. The molecule has 0 unspecified atom stereocenters. The average molecular weight is 260 g/mol. The smallest absolute Gasteiger partial charge is 0.235 e. The van der Waals surface area contributed by atoms with Crippen molar-refractivity contribution in [1.82, 2.24) is 4.90 Å². The molecular weight excluding hydrogens is 244 g/mol. The van der Waals surface area contributed by atoms with Crippen LogP contribution in [0.1, 0.15) is 19.3 Å². The van der Waals surface area contributed by atoms with Crippen LogP contribution < -0.4 is 5.73 Å². The zero-order valence-electron chi connectivity index (χ0n) is 9.11. The second-order valence-corrected chi connectivity index (χ2v) is 6.58. The van der Waals surface area contributed by atoms with Gasteiger partial charge in [-0.1, -0.05) is 18.6 Å². The molecule has 0 aromatic heterocycles. The van der Waals surface area contributed by atoms with Crippen molar-refractivity contribution >= 4 is 33.9 Å². The number of hydrogen-bond acceptors (Lipinski definition) is 3. The van der Waals surface area contributed by atoms with Gasteiger partial charge in [-0.05, 0) is 12.8 Å². The zero-order valence-corrected chi connectivity index (χ0v) is 10.7. The SMILES string of the molecule is NC(=S)C1(C(=O)N2CCS(=O)CC2)CCC1. The fourth-order valence-corrected chi connectivity index (χ4v) is 3.58. The first-order valence-corrected chi connectivity index (χ1v) is 7.40. The Morgan fingerprint density at radius 1 is 1.31 bits per heavy atom. The lowest BCUT2D eigenvalue weighted by molar-refractivity contribution is -0.141. The maximum Gasteiger partial charge on any atom is 0.235 e. The topological polar surface area (TPSA) is 63.4 Å². The van der Waals surface area contributed by atoms with Crippen LogP contribution in [0.4, 0.5) is 0 Å². The minimum Gasteiger partial charge on any atom is -0.392 e. The molecule has 1 aliphatic carbocycles. The molecule has 1 heterocycles. The van der Waals surface area contributed by atoms with Crippen LogP contribution in [0.3, 0.4) is 0 Å². The molecule has 90 valence electrons. The molecule has 0 aromatic carbocycles. The molecule has 2 rings (SSSR count). The number of hydrogen-bond donors (Lipinski definition) is 1. The molecule has 2 aliphatic rings. The van der Waals surface area contributed by atoms with Gasteiger partial charge in [0.2, 0.25) is 5.91 Å². The quantitative estimate of drug-likeness (QED) is 0.712. The molecule has 2 N–H and O–H groups in total. The van der Waals surface area contributed by atoms with Crippen LogP contribution in [0.5, 0.6) is 0 Å². The summed E-state index contributed by atoms with van der Waals surface area (Å²) in [5.41, 5.74) is 5.12. The normalized spacial score (nSPS) is 24.9. The van der Waals surface area contributed by atoms with Crippen LogP contribution in [-0.2, 0) is 15.6 Å². The van der Waals surface area contributed by atoms with E-state index in [0.717, 1.165) is 19.3 Å². The highest BCUT2D eigenvalue weighted by Gasteiger charge is 2.49. The first kappa shape index (κ1) is 12.0. The standard InChI is InChI=1S/C10H16N2O2S2/c11-8(15)10(2-1-3-10)9(13)12-4-6-16(14)7-5-12/h1-7H2,(H2,11,15).